The van der Waals surface area contributed by atoms with Crippen LogP contribution >= 0.6 is 0 Å². The second-order valence-corrected chi connectivity index (χ2v) is 4.38. The van der Waals surface area contributed by atoms with Crippen LogP contribution < -0.4 is 5.32 Å². The molecular weight excluding hydrogens is 198 g/mol. The monoisotopic (exact) mass is 223 g/mol. The fraction of sp³-hybridized carbons (Fsp3) is 0.714. The summed E-state index contributed by atoms with van der Waals surface area (Å²) >= 11 is 0. The van der Waals surface area contributed by atoms with E-state index < -0.39 is 0 Å². The molecule has 0 saturated heterocycles. The van der Waals surface area contributed by atoms with Crippen LogP contribution in [0.2, 0.25) is 0 Å². The van der Waals surface area contributed by atoms with Gasteiger partial charge in [0.25, 0.3) is 0 Å². The summed E-state index contributed by atoms with van der Waals surface area (Å²) in [5.41, 5.74) is 1.30. The molecule has 0 bridgehead atoms. The highest BCUT2D eigenvalue weighted by Gasteiger charge is 2.09. The lowest BCUT2D eigenvalue weighted by atomic mass is 10.1. The normalized spacial score (nSPS) is 14.9. The molecule has 16 heavy (non-hydrogen) atoms. The van der Waals surface area contributed by atoms with Crippen molar-refractivity contribution in [1.82, 2.24) is 5.32 Å². The Labute approximate surface area is 99.8 Å². The lowest BCUT2D eigenvalue weighted by Gasteiger charge is -2.18. The van der Waals surface area contributed by atoms with Gasteiger partial charge in [0.05, 0.1) is 5.70 Å². The van der Waals surface area contributed by atoms with Gasteiger partial charge in [-0.05, 0) is 19.3 Å². The third-order valence-corrected chi connectivity index (χ3v) is 2.91. The molecule has 1 aliphatic heterocycles. The minimum absolute atomic E-state index is 1.08. The SMILES string of the molecule is CCCCCC1=C(CCCCC)OC=CN1. The summed E-state index contributed by atoms with van der Waals surface area (Å²) in [5, 5.41) is 3.33. The summed E-state index contributed by atoms with van der Waals surface area (Å²) in [6.45, 7) is 4.47. The third-order valence-electron chi connectivity index (χ3n) is 2.91. The van der Waals surface area contributed by atoms with Crippen molar-refractivity contribution in [2.45, 2.75) is 65.2 Å². The van der Waals surface area contributed by atoms with Crippen LogP contribution in [0, 0.1) is 0 Å². The zero-order valence-electron chi connectivity index (χ0n) is 10.7. The lowest BCUT2D eigenvalue weighted by molar-refractivity contribution is 0.305. The van der Waals surface area contributed by atoms with Crippen molar-refractivity contribution in [3.8, 4) is 0 Å². The number of ether oxygens (including phenoxy) is 1. The lowest BCUT2D eigenvalue weighted by Crippen LogP contribution is -2.13. The molecule has 1 rings (SSSR count). The molecule has 2 nitrogen and oxygen atoms in total. The van der Waals surface area contributed by atoms with Gasteiger partial charge in [0.2, 0.25) is 0 Å². The van der Waals surface area contributed by atoms with Crippen LogP contribution in [0.5, 0.6) is 0 Å². The maximum atomic E-state index is 5.60. The van der Waals surface area contributed by atoms with Crippen LogP contribution in [0.25, 0.3) is 0 Å². The molecule has 0 atom stereocenters. The molecule has 92 valence electrons. The fourth-order valence-electron chi connectivity index (χ4n) is 1.91. The van der Waals surface area contributed by atoms with Crippen LogP contribution in [0.1, 0.15) is 65.2 Å². The second-order valence-electron chi connectivity index (χ2n) is 4.38. The van der Waals surface area contributed by atoms with E-state index in [-0.39, 0.29) is 0 Å². The number of allylic oxidation sites excluding steroid dienone is 2. The summed E-state index contributed by atoms with van der Waals surface area (Å²) < 4.78 is 5.60. The first-order valence-corrected chi connectivity index (χ1v) is 6.68. The summed E-state index contributed by atoms with van der Waals surface area (Å²) in [5.74, 6) is 1.16. The summed E-state index contributed by atoms with van der Waals surface area (Å²) in [6, 6.07) is 0. The molecule has 0 fully saturated rings. The summed E-state index contributed by atoms with van der Waals surface area (Å²) in [7, 11) is 0. The first-order valence-electron chi connectivity index (χ1n) is 6.68. The van der Waals surface area contributed by atoms with Crippen molar-refractivity contribution in [2.24, 2.45) is 0 Å². The number of hydrogen-bond donors (Lipinski definition) is 1. The van der Waals surface area contributed by atoms with E-state index in [4.69, 9.17) is 4.74 Å². The number of rotatable bonds is 8. The molecule has 0 radical (unpaired) electrons. The van der Waals surface area contributed by atoms with Gasteiger partial charge in [0.1, 0.15) is 12.0 Å². The molecule has 1 aliphatic rings. The molecule has 2 heteroatoms. The van der Waals surface area contributed by atoms with E-state index in [1.165, 1.54) is 44.2 Å². The van der Waals surface area contributed by atoms with Crippen LogP contribution in [0.15, 0.2) is 23.9 Å². The first-order chi connectivity index (χ1) is 7.88. The maximum absolute atomic E-state index is 5.60. The highest BCUT2D eigenvalue weighted by atomic mass is 16.5. The predicted octanol–water partition coefficient (Wildman–Crippen LogP) is 4.45. The van der Waals surface area contributed by atoms with Gasteiger partial charge in [-0.2, -0.15) is 0 Å². The van der Waals surface area contributed by atoms with Gasteiger partial charge >= 0.3 is 0 Å². The maximum Gasteiger partial charge on any atom is 0.122 e. The topological polar surface area (TPSA) is 21.3 Å². The van der Waals surface area contributed by atoms with Crippen molar-refractivity contribution in [1.29, 1.82) is 0 Å². The fourth-order valence-corrected chi connectivity index (χ4v) is 1.91. The Balaban J connectivity index is 2.37. The molecule has 0 aromatic carbocycles. The highest BCUT2D eigenvalue weighted by Crippen LogP contribution is 2.20. The Hall–Kier alpha value is -0.920. The number of nitrogens with one attached hydrogen (secondary N) is 1. The van der Waals surface area contributed by atoms with Gasteiger partial charge in [0, 0.05) is 12.6 Å². The van der Waals surface area contributed by atoms with Crippen LogP contribution in [-0.4, -0.2) is 0 Å². The van der Waals surface area contributed by atoms with Crippen LogP contribution in [0.3, 0.4) is 0 Å². The van der Waals surface area contributed by atoms with Gasteiger partial charge in [-0.3, -0.25) is 0 Å². The molecule has 0 saturated carbocycles. The zero-order chi connectivity index (χ0) is 11.6. The largest absolute Gasteiger partial charge is 0.466 e. The van der Waals surface area contributed by atoms with Crippen LogP contribution in [0.4, 0.5) is 0 Å². The van der Waals surface area contributed by atoms with Crippen molar-refractivity contribution in [3.05, 3.63) is 23.9 Å². The Morgan fingerprint density at radius 3 is 2.38 bits per heavy atom. The quantitative estimate of drug-likeness (QED) is 0.614. The van der Waals surface area contributed by atoms with E-state index in [2.05, 4.69) is 19.2 Å². The van der Waals surface area contributed by atoms with Gasteiger partial charge in [0.15, 0.2) is 0 Å². The van der Waals surface area contributed by atoms with E-state index in [1.807, 2.05) is 6.20 Å². The summed E-state index contributed by atoms with van der Waals surface area (Å²) in [6.07, 6.45) is 13.5. The highest BCUT2D eigenvalue weighted by molar-refractivity contribution is 5.13. The Morgan fingerprint density at radius 1 is 1.00 bits per heavy atom. The molecule has 0 unspecified atom stereocenters. The minimum Gasteiger partial charge on any atom is -0.466 e. The molecular formula is C14H25NO. The number of hydrogen-bond acceptors (Lipinski definition) is 2. The molecule has 0 aromatic heterocycles. The molecule has 0 amide bonds. The standard InChI is InChI=1S/C14H25NO/c1-3-5-7-9-13-14(10-8-6-4-2)16-12-11-15-13/h11-12,15H,3-10H2,1-2H3. The van der Waals surface area contributed by atoms with E-state index in [0.29, 0.717) is 0 Å². The van der Waals surface area contributed by atoms with Crippen molar-refractivity contribution >= 4 is 0 Å². The third kappa shape index (κ3) is 4.73. The van der Waals surface area contributed by atoms with E-state index >= 15 is 0 Å². The van der Waals surface area contributed by atoms with Crippen molar-refractivity contribution in [2.75, 3.05) is 0 Å². The summed E-state index contributed by atoms with van der Waals surface area (Å²) in [4.78, 5) is 0. The second kappa shape index (κ2) is 8.26. The van der Waals surface area contributed by atoms with Gasteiger partial charge in [-0.15, -0.1) is 0 Å². The smallest absolute Gasteiger partial charge is 0.122 e. The minimum atomic E-state index is 1.08. The van der Waals surface area contributed by atoms with Crippen molar-refractivity contribution in [3.63, 3.8) is 0 Å². The molecule has 1 heterocycles. The van der Waals surface area contributed by atoms with E-state index in [9.17, 15) is 0 Å². The van der Waals surface area contributed by atoms with Crippen molar-refractivity contribution < 1.29 is 4.74 Å². The average Bonchev–Trinajstić information content (AvgIpc) is 2.32. The Bertz CT molecular complexity index is 219. The molecule has 1 N–H and O–H groups in total. The Kier molecular flexibility index (Phi) is 6.78. The van der Waals surface area contributed by atoms with Gasteiger partial charge < -0.3 is 10.1 Å². The van der Waals surface area contributed by atoms with Gasteiger partial charge in [-0.1, -0.05) is 39.5 Å². The predicted molar refractivity (Wildman–Crippen MR) is 68.7 cm³/mol. The number of unbranched alkanes of at least 4 members (excludes halogenated alkanes) is 4. The first kappa shape index (κ1) is 13.1. The molecule has 0 spiro atoms. The average molecular weight is 223 g/mol. The zero-order valence-corrected chi connectivity index (χ0v) is 10.7. The molecule has 0 aromatic rings. The molecule has 0 aliphatic carbocycles. The van der Waals surface area contributed by atoms with Crippen LogP contribution in [-0.2, 0) is 4.74 Å². The van der Waals surface area contributed by atoms with E-state index in [1.54, 1.807) is 6.26 Å². The van der Waals surface area contributed by atoms with E-state index in [0.717, 1.165) is 18.6 Å². The van der Waals surface area contributed by atoms with Gasteiger partial charge in [-0.25, -0.2) is 0 Å². The Morgan fingerprint density at radius 2 is 1.69 bits per heavy atom.